The number of hydrogen-bond donors (Lipinski definition) is 0. The van der Waals surface area contributed by atoms with Crippen molar-refractivity contribution in [1.29, 1.82) is 0 Å². The summed E-state index contributed by atoms with van der Waals surface area (Å²) in [5.41, 5.74) is 0. The van der Waals surface area contributed by atoms with Crippen LogP contribution >= 0.6 is 0 Å². The normalized spacial score (nSPS) is 39.5. The van der Waals surface area contributed by atoms with Crippen LogP contribution in [0.15, 0.2) is 0 Å². The predicted octanol–water partition coefficient (Wildman–Crippen LogP) is 6.16. The van der Waals surface area contributed by atoms with Crippen LogP contribution in [-0.2, 0) is 4.79 Å². The summed E-state index contributed by atoms with van der Waals surface area (Å²) in [5.74, 6) is 5.30. The van der Waals surface area contributed by atoms with E-state index in [1.165, 1.54) is 77.0 Å². The molecular weight excluding hydrogens is 268 g/mol. The molecule has 0 heterocycles. The summed E-state index contributed by atoms with van der Waals surface area (Å²) in [6, 6.07) is 0. The third-order valence-electron chi connectivity index (χ3n) is 7.24. The topological polar surface area (TPSA) is 17.1 Å². The molecule has 3 saturated carbocycles. The number of carbonyl (C=O) groups excluding carboxylic acids is 1. The fraction of sp³-hybridized carbons (Fsp3) is 0.952. The molecule has 3 rings (SSSR count). The van der Waals surface area contributed by atoms with E-state index in [0.29, 0.717) is 5.78 Å². The minimum atomic E-state index is 0.548. The molecule has 0 radical (unpaired) electrons. The molecule has 1 nitrogen and oxygen atoms in total. The standard InChI is InChI=1S/C21H36O/c1-2-3-4-5-16-6-8-17(9-7-16)18-10-11-20-15-21(22)13-12-19(20)14-18/h16-20H,2-15H2,1H3/t16-,17-,18?,19?,20?. The first kappa shape index (κ1) is 16.5. The van der Waals surface area contributed by atoms with Crippen LogP contribution < -0.4 is 0 Å². The van der Waals surface area contributed by atoms with E-state index in [-0.39, 0.29) is 0 Å². The molecule has 3 atom stereocenters. The fourth-order valence-corrected chi connectivity index (χ4v) is 5.79. The monoisotopic (exact) mass is 304 g/mol. The molecule has 3 fully saturated rings. The minimum Gasteiger partial charge on any atom is -0.300 e. The number of Topliss-reactive ketones (excluding diaryl/α,β-unsaturated/α-hetero) is 1. The molecule has 0 bridgehead atoms. The Morgan fingerprint density at radius 2 is 1.50 bits per heavy atom. The van der Waals surface area contributed by atoms with Crippen LogP contribution in [0.1, 0.15) is 96.8 Å². The summed E-state index contributed by atoms with van der Waals surface area (Å²) in [6.07, 6.45) is 19.1. The molecule has 1 heteroatoms. The maximum atomic E-state index is 11.6. The van der Waals surface area contributed by atoms with E-state index in [0.717, 1.165) is 42.4 Å². The van der Waals surface area contributed by atoms with Gasteiger partial charge in [0.15, 0.2) is 0 Å². The van der Waals surface area contributed by atoms with Gasteiger partial charge in [0.1, 0.15) is 5.78 Å². The highest BCUT2D eigenvalue weighted by atomic mass is 16.1. The fourth-order valence-electron chi connectivity index (χ4n) is 5.79. The van der Waals surface area contributed by atoms with Crippen molar-refractivity contribution < 1.29 is 4.79 Å². The van der Waals surface area contributed by atoms with Crippen molar-refractivity contribution >= 4 is 5.78 Å². The van der Waals surface area contributed by atoms with Gasteiger partial charge in [-0.3, -0.25) is 4.79 Å². The zero-order valence-electron chi connectivity index (χ0n) is 14.7. The first-order valence-electron chi connectivity index (χ1n) is 10.3. The van der Waals surface area contributed by atoms with Crippen LogP contribution in [0.5, 0.6) is 0 Å². The van der Waals surface area contributed by atoms with Crippen molar-refractivity contribution in [2.45, 2.75) is 96.8 Å². The molecule has 0 spiro atoms. The molecule has 0 N–H and O–H groups in total. The maximum absolute atomic E-state index is 11.6. The lowest BCUT2D eigenvalue weighted by Gasteiger charge is -2.43. The molecule has 0 aliphatic heterocycles. The summed E-state index contributed by atoms with van der Waals surface area (Å²) >= 11 is 0. The molecule has 3 aliphatic carbocycles. The summed E-state index contributed by atoms with van der Waals surface area (Å²) in [5, 5.41) is 0. The van der Waals surface area contributed by atoms with Gasteiger partial charge in [0.05, 0.1) is 0 Å². The average molecular weight is 305 g/mol. The Morgan fingerprint density at radius 3 is 2.27 bits per heavy atom. The smallest absolute Gasteiger partial charge is 0.133 e. The van der Waals surface area contributed by atoms with Crippen LogP contribution in [0.25, 0.3) is 0 Å². The van der Waals surface area contributed by atoms with E-state index >= 15 is 0 Å². The number of ketones is 1. The number of carbonyl (C=O) groups is 1. The Morgan fingerprint density at radius 1 is 0.818 bits per heavy atom. The van der Waals surface area contributed by atoms with Crippen LogP contribution in [-0.4, -0.2) is 5.78 Å². The summed E-state index contributed by atoms with van der Waals surface area (Å²) in [6.45, 7) is 2.31. The lowest BCUT2D eigenvalue weighted by Crippen LogP contribution is -2.34. The highest BCUT2D eigenvalue weighted by Gasteiger charge is 2.38. The maximum Gasteiger partial charge on any atom is 0.133 e. The Bertz CT molecular complexity index is 353. The van der Waals surface area contributed by atoms with Gasteiger partial charge in [0, 0.05) is 12.8 Å². The van der Waals surface area contributed by atoms with Gasteiger partial charge in [0.25, 0.3) is 0 Å². The Balaban J connectivity index is 1.41. The quantitative estimate of drug-likeness (QED) is 0.556. The average Bonchev–Trinajstić information content (AvgIpc) is 2.55. The molecule has 22 heavy (non-hydrogen) atoms. The van der Waals surface area contributed by atoms with E-state index in [2.05, 4.69) is 6.92 Å². The zero-order valence-corrected chi connectivity index (χ0v) is 14.7. The van der Waals surface area contributed by atoms with Crippen molar-refractivity contribution in [1.82, 2.24) is 0 Å². The highest BCUT2D eigenvalue weighted by molar-refractivity contribution is 5.79. The summed E-state index contributed by atoms with van der Waals surface area (Å²) in [4.78, 5) is 11.6. The molecule has 0 saturated heterocycles. The number of hydrogen-bond acceptors (Lipinski definition) is 1. The zero-order chi connectivity index (χ0) is 15.4. The van der Waals surface area contributed by atoms with Crippen LogP contribution in [0.3, 0.4) is 0 Å². The van der Waals surface area contributed by atoms with E-state index in [1.807, 2.05) is 0 Å². The van der Waals surface area contributed by atoms with Gasteiger partial charge in [0.2, 0.25) is 0 Å². The van der Waals surface area contributed by atoms with Gasteiger partial charge in [-0.1, -0.05) is 45.4 Å². The van der Waals surface area contributed by atoms with E-state index in [4.69, 9.17) is 0 Å². The molecule has 3 unspecified atom stereocenters. The third kappa shape index (κ3) is 4.15. The van der Waals surface area contributed by atoms with E-state index in [1.54, 1.807) is 0 Å². The van der Waals surface area contributed by atoms with Gasteiger partial charge in [-0.05, 0) is 68.1 Å². The molecule has 3 aliphatic rings. The van der Waals surface area contributed by atoms with Crippen molar-refractivity contribution in [3.8, 4) is 0 Å². The molecule has 0 aromatic carbocycles. The Labute approximate surface area is 137 Å². The van der Waals surface area contributed by atoms with Crippen LogP contribution in [0.2, 0.25) is 0 Å². The second-order valence-electron chi connectivity index (χ2n) is 8.65. The van der Waals surface area contributed by atoms with Gasteiger partial charge in [-0.2, -0.15) is 0 Å². The summed E-state index contributed by atoms with van der Waals surface area (Å²) in [7, 11) is 0. The second-order valence-corrected chi connectivity index (χ2v) is 8.65. The number of fused-ring (bicyclic) bond motifs is 1. The predicted molar refractivity (Wildman–Crippen MR) is 92.8 cm³/mol. The first-order chi connectivity index (χ1) is 10.8. The first-order valence-corrected chi connectivity index (χ1v) is 10.3. The van der Waals surface area contributed by atoms with E-state index < -0.39 is 0 Å². The number of unbranched alkanes of at least 4 members (excludes halogenated alkanes) is 2. The van der Waals surface area contributed by atoms with Crippen molar-refractivity contribution in [3.05, 3.63) is 0 Å². The molecule has 126 valence electrons. The van der Waals surface area contributed by atoms with Gasteiger partial charge < -0.3 is 0 Å². The lowest BCUT2D eigenvalue weighted by atomic mass is 9.62. The largest absolute Gasteiger partial charge is 0.300 e. The third-order valence-corrected chi connectivity index (χ3v) is 7.24. The molecule has 0 aromatic heterocycles. The van der Waals surface area contributed by atoms with Gasteiger partial charge in [-0.25, -0.2) is 0 Å². The van der Waals surface area contributed by atoms with Crippen LogP contribution in [0.4, 0.5) is 0 Å². The summed E-state index contributed by atoms with van der Waals surface area (Å²) < 4.78 is 0. The second kappa shape index (κ2) is 7.97. The van der Waals surface area contributed by atoms with Crippen molar-refractivity contribution in [2.24, 2.45) is 29.6 Å². The molecular formula is C21H36O. The molecule has 0 amide bonds. The van der Waals surface area contributed by atoms with Crippen molar-refractivity contribution in [2.75, 3.05) is 0 Å². The Hall–Kier alpha value is -0.330. The SMILES string of the molecule is CCCCC[C@H]1CC[C@H](C2CCC3CC(=O)CCC3C2)CC1. The lowest BCUT2D eigenvalue weighted by molar-refractivity contribution is -0.123. The Kier molecular flexibility index (Phi) is 5.99. The van der Waals surface area contributed by atoms with E-state index in [9.17, 15) is 4.79 Å². The van der Waals surface area contributed by atoms with Crippen LogP contribution in [0, 0.1) is 29.6 Å². The molecule has 0 aromatic rings. The van der Waals surface area contributed by atoms with Gasteiger partial charge >= 0.3 is 0 Å². The number of rotatable bonds is 5. The highest BCUT2D eigenvalue weighted by Crippen LogP contribution is 2.47. The minimum absolute atomic E-state index is 0.548. The van der Waals surface area contributed by atoms with Gasteiger partial charge in [-0.15, -0.1) is 0 Å². The van der Waals surface area contributed by atoms with Crippen molar-refractivity contribution in [3.63, 3.8) is 0 Å².